The van der Waals surface area contributed by atoms with Crippen molar-refractivity contribution in [3.05, 3.63) is 47.9 Å². The fraction of sp³-hybridized carbons (Fsp3) is 0.235. The molecule has 26 heavy (non-hydrogen) atoms. The van der Waals surface area contributed by atoms with Gasteiger partial charge in [-0.1, -0.05) is 6.07 Å². The Kier molecular flexibility index (Phi) is 6.60. The van der Waals surface area contributed by atoms with Crippen molar-refractivity contribution < 1.29 is 28.3 Å². The van der Waals surface area contributed by atoms with Crippen molar-refractivity contribution in [2.75, 3.05) is 14.2 Å². The predicted octanol–water partition coefficient (Wildman–Crippen LogP) is 0.303. The minimum absolute atomic E-state index is 0.0192. The van der Waals surface area contributed by atoms with Gasteiger partial charge in [-0.05, 0) is 29.8 Å². The van der Waals surface area contributed by atoms with Gasteiger partial charge in [0.05, 0.1) is 33.4 Å². The molecule has 1 aromatic heterocycles. The van der Waals surface area contributed by atoms with Crippen LogP contribution in [0.5, 0.6) is 11.5 Å². The molecule has 0 aliphatic rings. The van der Waals surface area contributed by atoms with Gasteiger partial charge >= 0.3 is 11.8 Å². The largest absolute Gasteiger partial charge is 0.493 e. The standard InChI is InChI=1S/C17H19N3O6/c1-24-13-6-5-11(8-14(13)25-2)9-15(21)19-20-17(23)16(22)18-10-12-4-3-7-26-12/h3-8H,9-10H2,1-2H3,(H,18,22)(H,19,21)(H,20,23). The van der Waals surface area contributed by atoms with E-state index in [1.54, 1.807) is 30.3 Å². The van der Waals surface area contributed by atoms with Crippen molar-refractivity contribution in [1.29, 1.82) is 0 Å². The summed E-state index contributed by atoms with van der Waals surface area (Å²) in [5.74, 6) is -0.851. The third-order valence-corrected chi connectivity index (χ3v) is 3.34. The lowest BCUT2D eigenvalue weighted by Crippen LogP contribution is -2.48. The van der Waals surface area contributed by atoms with Gasteiger partial charge in [0, 0.05) is 0 Å². The van der Waals surface area contributed by atoms with Crippen LogP contribution in [0.2, 0.25) is 0 Å². The summed E-state index contributed by atoms with van der Waals surface area (Å²) >= 11 is 0. The number of methoxy groups -OCH3 is 2. The number of rotatable bonds is 6. The zero-order chi connectivity index (χ0) is 18.9. The minimum atomic E-state index is -0.989. The van der Waals surface area contributed by atoms with E-state index in [-0.39, 0.29) is 13.0 Å². The molecular weight excluding hydrogens is 342 g/mol. The van der Waals surface area contributed by atoms with Crippen LogP contribution in [-0.4, -0.2) is 31.9 Å². The summed E-state index contributed by atoms with van der Waals surface area (Å²) in [5, 5.41) is 2.36. The Morgan fingerprint density at radius 2 is 1.77 bits per heavy atom. The maximum absolute atomic E-state index is 11.9. The predicted molar refractivity (Wildman–Crippen MR) is 90.1 cm³/mol. The summed E-state index contributed by atoms with van der Waals surface area (Å²) < 4.78 is 15.3. The van der Waals surface area contributed by atoms with Crippen LogP contribution < -0.4 is 25.6 Å². The number of hydrogen-bond donors (Lipinski definition) is 3. The summed E-state index contributed by atoms with van der Waals surface area (Å²) in [5.41, 5.74) is 4.87. The maximum Gasteiger partial charge on any atom is 0.327 e. The van der Waals surface area contributed by atoms with Crippen molar-refractivity contribution in [3.63, 3.8) is 0 Å². The van der Waals surface area contributed by atoms with E-state index in [4.69, 9.17) is 13.9 Å². The Morgan fingerprint density at radius 3 is 2.42 bits per heavy atom. The normalized spacial score (nSPS) is 9.92. The van der Waals surface area contributed by atoms with E-state index in [1.807, 2.05) is 5.43 Å². The van der Waals surface area contributed by atoms with Gasteiger partial charge in [0.2, 0.25) is 5.91 Å². The molecule has 0 fully saturated rings. The van der Waals surface area contributed by atoms with Crippen LogP contribution in [0.1, 0.15) is 11.3 Å². The lowest BCUT2D eigenvalue weighted by molar-refractivity contribution is -0.141. The molecule has 1 aromatic carbocycles. The molecule has 0 spiro atoms. The molecule has 0 aliphatic carbocycles. The molecular formula is C17H19N3O6. The summed E-state index contributed by atoms with van der Waals surface area (Å²) in [7, 11) is 3.00. The molecule has 2 aromatic rings. The zero-order valence-corrected chi connectivity index (χ0v) is 14.3. The van der Waals surface area contributed by atoms with Crippen molar-refractivity contribution in [1.82, 2.24) is 16.2 Å². The second-order valence-corrected chi connectivity index (χ2v) is 5.13. The molecule has 0 saturated carbocycles. The van der Waals surface area contributed by atoms with E-state index in [0.717, 1.165) is 0 Å². The minimum Gasteiger partial charge on any atom is -0.493 e. The van der Waals surface area contributed by atoms with Crippen molar-refractivity contribution in [2.45, 2.75) is 13.0 Å². The van der Waals surface area contributed by atoms with Gasteiger partial charge in [-0.2, -0.15) is 0 Å². The number of carbonyl (C=O) groups is 3. The highest BCUT2D eigenvalue weighted by Gasteiger charge is 2.15. The Hall–Kier alpha value is -3.49. The Bertz CT molecular complexity index is 773. The van der Waals surface area contributed by atoms with Crippen LogP contribution in [0.4, 0.5) is 0 Å². The molecule has 3 amide bonds. The smallest absolute Gasteiger partial charge is 0.327 e. The van der Waals surface area contributed by atoms with Crippen molar-refractivity contribution >= 4 is 17.7 Å². The van der Waals surface area contributed by atoms with Crippen molar-refractivity contribution in [3.8, 4) is 11.5 Å². The first-order valence-corrected chi connectivity index (χ1v) is 7.63. The first-order valence-electron chi connectivity index (χ1n) is 7.63. The highest BCUT2D eigenvalue weighted by molar-refractivity contribution is 6.35. The summed E-state index contributed by atoms with van der Waals surface area (Å²) in [4.78, 5) is 35.1. The van der Waals surface area contributed by atoms with Gasteiger partial charge in [-0.25, -0.2) is 0 Å². The molecule has 0 unspecified atom stereocenters. The summed E-state index contributed by atoms with van der Waals surface area (Å²) in [6.07, 6.45) is 1.44. The van der Waals surface area contributed by atoms with E-state index < -0.39 is 17.7 Å². The van der Waals surface area contributed by atoms with Crippen molar-refractivity contribution in [2.24, 2.45) is 0 Å². The first kappa shape index (κ1) is 18.8. The molecule has 0 radical (unpaired) electrons. The van der Waals surface area contributed by atoms with Crippen LogP contribution in [0.25, 0.3) is 0 Å². The van der Waals surface area contributed by atoms with Crippen LogP contribution in [0.15, 0.2) is 41.0 Å². The lowest BCUT2D eigenvalue weighted by atomic mass is 10.1. The van der Waals surface area contributed by atoms with E-state index in [1.165, 1.54) is 20.5 Å². The second kappa shape index (κ2) is 9.11. The number of nitrogens with one attached hydrogen (secondary N) is 3. The van der Waals surface area contributed by atoms with Crippen LogP contribution in [0.3, 0.4) is 0 Å². The molecule has 3 N–H and O–H groups in total. The number of hydrogen-bond acceptors (Lipinski definition) is 6. The highest BCUT2D eigenvalue weighted by Crippen LogP contribution is 2.27. The molecule has 0 bridgehead atoms. The molecule has 0 saturated heterocycles. The van der Waals surface area contributed by atoms with Crippen LogP contribution >= 0.6 is 0 Å². The number of hydrazine groups is 1. The lowest BCUT2D eigenvalue weighted by Gasteiger charge is -2.10. The van der Waals surface area contributed by atoms with E-state index in [2.05, 4.69) is 10.7 Å². The third kappa shape index (κ3) is 5.26. The number of amides is 3. The van der Waals surface area contributed by atoms with Gasteiger partial charge in [-0.3, -0.25) is 25.2 Å². The number of benzene rings is 1. The fourth-order valence-corrected chi connectivity index (χ4v) is 2.06. The third-order valence-electron chi connectivity index (χ3n) is 3.34. The van der Waals surface area contributed by atoms with Gasteiger partial charge in [-0.15, -0.1) is 0 Å². The SMILES string of the molecule is COc1ccc(CC(=O)NNC(=O)C(=O)NCc2ccco2)cc1OC. The molecule has 0 aliphatic heterocycles. The molecule has 138 valence electrons. The average Bonchev–Trinajstić information content (AvgIpc) is 3.17. The highest BCUT2D eigenvalue weighted by atomic mass is 16.5. The molecule has 0 atom stereocenters. The number of ether oxygens (including phenoxy) is 2. The van der Waals surface area contributed by atoms with Gasteiger partial charge in [0.25, 0.3) is 0 Å². The summed E-state index contributed by atoms with van der Waals surface area (Å²) in [6, 6.07) is 8.33. The van der Waals surface area contributed by atoms with Crippen LogP contribution in [-0.2, 0) is 27.3 Å². The van der Waals surface area contributed by atoms with Gasteiger partial charge < -0.3 is 19.2 Å². The Labute approximate surface area is 149 Å². The maximum atomic E-state index is 11.9. The number of carbonyl (C=O) groups excluding carboxylic acids is 3. The quantitative estimate of drug-likeness (QED) is 0.503. The van der Waals surface area contributed by atoms with E-state index in [0.29, 0.717) is 22.8 Å². The molecule has 9 heteroatoms. The van der Waals surface area contributed by atoms with Gasteiger partial charge in [0.15, 0.2) is 11.5 Å². The van der Waals surface area contributed by atoms with E-state index >= 15 is 0 Å². The molecule has 1 heterocycles. The molecule has 9 nitrogen and oxygen atoms in total. The Morgan fingerprint density at radius 1 is 1.00 bits per heavy atom. The van der Waals surface area contributed by atoms with Crippen LogP contribution in [0, 0.1) is 0 Å². The van der Waals surface area contributed by atoms with Gasteiger partial charge in [0.1, 0.15) is 5.76 Å². The Balaban J connectivity index is 1.78. The average molecular weight is 361 g/mol. The monoisotopic (exact) mass is 361 g/mol. The second-order valence-electron chi connectivity index (χ2n) is 5.13. The van der Waals surface area contributed by atoms with E-state index in [9.17, 15) is 14.4 Å². The molecule has 2 rings (SSSR count). The fourth-order valence-electron chi connectivity index (χ4n) is 2.06. The summed E-state index contributed by atoms with van der Waals surface area (Å²) in [6.45, 7) is 0.0683. The zero-order valence-electron chi connectivity index (χ0n) is 14.3. The first-order chi connectivity index (χ1) is 12.5. The topological polar surface area (TPSA) is 119 Å². The number of furan rings is 1.